The minimum atomic E-state index is 0.886. The third-order valence-corrected chi connectivity index (χ3v) is 11.2. The van der Waals surface area contributed by atoms with E-state index < -0.39 is 0 Å². The second-order valence-corrected chi connectivity index (χ2v) is 15.4. The van der Waals surface area contributed by atoms with E-state index in [1.807, 2.05) is 0 Å². The first-order valence-electron chi connectivity index (χ1n) is 20.8. The number of hydrogen-bond acceptors (Lipinski definition) is 2. The zero-order chi connectivity index (χ0) is 36.7. The maximum Gasteiger partial charge on any atom is 0.127 e. The van der Waals surface area contributed by atoms with Gasteiger partial charge in [0.1, 0.15) is 11.5 Å². The monoisotopic (exact) mass is 699 g/mol. The summed E-state index contributed by atoms with van der Waals surface area (Å²) in [6.45, 7) is 9.02. The minimum absolute atomic E-state index is 0.886. The average Bonchev–Trinajstić information content (AvgIpc) is 3.16. The predicted molar refractivity (Wildman–Crippen MR) is 228 cm³/mol. The molecule has 0 fully saturated rings. The molecule has 0 aliphatic carbocycles. The van der Waals surface area contributed by atoms with Gasteiger partial charge in [-0.1, -0.05) is 146 Å². The van der Waals surface area contributed by atoms with Crippen molar-refractivity contribution >= 4 is 21.5 Å². The van der Waals surface area contributed by atoms with Crippen LogP contribution < -0.4 is 9.47 Å². The molecule has 0 N–H and O–H groups in total. The molecule has 0 saturated heterocycles. The number of ether oxygens (including phenoxy) is 2. The Bertz CT molecular complexity index is 1860. The third kappa shape index (κ3) is 10.6. The maximum absolute atomic E-state index is 6.11. The Kier molecular flexibility index (Phi) is 15.5. The summed E-state index contributed by atoms with van der Waals surface area (Å²) >= 11 is 0. The van der Waals surface area contributed by atoms with E-state index >= 15 is 0 Å². The molecule has 0 heterocycles. The topological polar surface area (TPSA) is 18.5 Å². The first-order valence-corrected chi connectivity index (χ1v) is 20.8. The van der Waals surface area contributed by atoms with Crippen molar-refractivity contribution < 1.29 is 9.47 Å². The number of aryl methyl sites for hydroxylation is 4. The van der Waals surface area contributed by atoms with E-state index in [1.165, 1.54) is 159 Å². The molecule has 0 bridgehead atoms. The SMILES string of the molecule is CCCCCCCCCCc1ccc2cc(-c3cc(C)c(-c4cc5ccc(CCCCCCCCCC)cc5cc4OC)cc3OC)c(C)cc2c1. The summed E-state index contributed by atoms with van der Waals surface area (Å²) in [6, 6.07) is 27.8. The van der Waals surface area contributed by atoms with E-state index in [-0.39, 0.29) is 0 Å². The van der Waals surface area contributed by atoms with Crippen LogP contribution >= 0.6 is 0 Å². The molecule has 0 saturated carbocycles. The van der Waals surface area contributed by atoms with Crippen LogP contribution in [0.5, 0.6) is 11.5 Å². The van der Waals surface area contributed by atoms with Crippen LogP contribution in [0.3, 0.4) is 0 Å². The number of benzene rings is 5. The Labute approximate surface area is 316 Å². The molecular formula is C50H66O2. The summed E-state index contributed by atoms with van der Waals surface area (Å²) < 4.78 is 12.1. The lowest BCUT2D eigenvalue weighted by Crippen LogP contribution is -1.96. The van der Waals surface area contributed by atoms with Crippen LogP contribution in [0.25, 0.3) is 43.8 Å². The van der Waals surface area contributed by atoms with Gasteiger partial charge in [0.15, 0.2) is 0 Å². The van der Waals surface area contributed by atoms with Crippen molar-refractivity contribution in [3.8, 4) is 33.8 Å². The van der Waals surface area contributed by atoms with Gasteiger partial charge in [0, 0.05) is 11.1 Å². The largest absolute Gasteiger partial charge is 0.496 e. The quantitative estimate of drug-likeness (QED) is 0.0670. The molecule has 2 nitrogen and oxygen atoms in total. The Hall–Kier alpha value is -3.78. The summed E-state index contributed by atoms with van der Waals surface area (Å²) in [5.74, 6) is 1.79. The summed E-state index contributed by atoms with van der Waals surface area (Å²) in [7, 11) is 3.58. The third-order valence-electron chi connectivity index (χ3n) is 11.2. The Balaban J connectivity index is 1.30. The highest BCUT2D eigenvalue weighted by molar-refractivity contribution is 5.94. The molecule has 5 rings (SSSR count). The second kappa shape index (κ2) is 20.5. The zero-order valence-electron chi connectivity index (χ0n) is 33.5. The van der Waals surface area contributed by atoms with Crippen molar-refractivity contribution in [1.29, 1.82) is 0 Å². The molecule has 0 aromatic heterocycles. The van der Waals surface area contributed by atoms with Crippen molar-refractivity contribution in [2.24, 2.45) is 0 Å². The van der Waals surface area contributed by atoms with E-state index in [0.29, 0.717) is 0 Å². The number of rotatable bonds is 22. The lowest BCUT2D eigenvalue weighted by atomic mass is 9.90. The smallest absolute Gasteiger partial charge is 0.127 e. The van der Waals surface area contributed by atoms with Gasteiger partial charge < -0.3 is 9.47 Å². The number of fused-ring (bicyclic) bond motifs is 2. The summed E-state index contributed by atoms with van der Waals surface area (Å²) in [4.78, 5) is 0. The summed E-state index contributed by atoms with van der Waals surface area (Å²) in [6.07, 6.45) is 24.0. The van der Waals surface area contributed by atoms with Crippen LogP contribution in [-0.4, -0.2) is 14.2 Å². The highest BCUT2D eigenvalue weighted by atomic mass is 16.5. The molecular weight excluding hydrogens is 633 g/mol. The molecule has 5 aromatic carbocycles. The van der Waals surface area contributed by atoms with Crippen LogP contribution in [0.1, 0.15) is 139 Å². The van der Waals surface area contributed by atoms with Gasteiger partial charge in [-0.15, -0.1) is 0 Å². The average molecular weight is 699 g/mol. The lowest BCUT2D eigenvalue weighted by molar-refractivity contribution is 0.415. The molecule has 0 atom stereocenters. The Morgan fingerprint density at radius 2 is 0.769 bits per heavy atom. The fourth-order valence-corrected chi connectivity index (χ4v) is 8.05. The molecule has 5 aromatic rings. The van der Waals surface area contributed by atoms with Crippen LogP contribution in [0.2, 0.25) is 0 Å². The van der Waals surface area contributed by atoms with Gasteiger partial charge in [-0.2, -0.15) is 0 Å². The van der Waals surface area contributed by atoms with Crippen molar-refractivity contribution in [3.63, 3.8) is 0 Å². The van der Waals surface area contributed by atoms with Gasteiger partial charge in [0.25, 0.3) is 0 Å². The first-order chi connectivity index (χ1) is 25.4. The molecule has 0 spiro atoms. The van der Waals surface area contributed by atoms with Gasteiger partial charge in [-0.3, -0.25) is 0 Å². The van der Waals surface area contributed by atoms with E-state index in [0.717, 1.165) is 34.6 Å². The molecule has 52 heavy (non-hydrogen) atoms. The van der Waals surface area contributed by atoms with Gasteiger partial charge >= 0.3 is 0 Å². The van der Waals surface area contributed by atoms with Crippen LogP contribution in [0, 0.1) is 13.8 Å². The van der Waals surface area contributed by atoms with E-state index in [9.17, 15) is 0 Å². The first kappa shape index (κ1) is 39.4. The van der Waals surface area contributed by atoms with Gasteiger partial charge in [-0.25, -0.2) is 0 Å². The van der Waals surface area contributed by atoms with Crippen LogP contribution in [-0.2, 0) is 12.8 Å². The second-order valence-electron chi connectivity index (χ2n) is 15.4. The van der Waals surface area contributed by atoms with Crippen molar-refractivity contribution in [3.05, 3.63) is 95.1 Å². The maximum atomic E-state index is 6.11. The molecule has 0 radical (unpaired) electrons. The lowest BCUT2D eigenvalue weighted by Gasteiger charge is -2.18. The molecule has 0 amide bonds. The van der Waals surface area contributed by atoms with Crippen molar-refractivity contribution in [1.82, 2.24) is 0 Å². The molecule has 278 valence electrons. The van der Waals surface area contributed by atoms with Gasteiger partial charge in [-0.05, 0) is 125 Å². The van der Waals surface area contributed by atoms with Gasteiger partial charge in [0.2, 0.25) is 0 Å². The molecule has 0 aliphatic rings. The highest BCUT2D eigenvalue weighted by Gasteiger charge is 2.17. The predicted octanol–water partition coefficient (Wildman–Crippen LogP) is 15.3. The number of unbranched alkanes of at least 4 members (excludes halogenated alkanes) is 14. The van der Waals surface area contributed by atoms with Crippen LogP contribution in [0.4, 0.5) is 0 Å². The van der Waals surface area contributed by atoms with Crippen LogP contribution in [0.15, 0.2) is 72.8 Å². The number of methoxy groups -OCH3 is 2. The van der Waals surface area contributed by atoms with E-state index in [1.54, 1.807) is 14.2 Å². The minimum Gasteiger partial charge on any atom is -0.496 e. The normalized spacial score (nSPS) is 11.5. The summed E-state index contributed by atoms with van der Waals surface area (Å²) in [5, 5.41) is 5.09. The van der Waals surface area contributed by atoms with Crippen molar-refractivity contribution in [2.45, 2.75) is 143 Å². The highest BCUT2D eigenvalue weighted by Crippen LogP contribution is 2.43. The summed E-state index contributed by atoms with van der Waals surface area (Å²) in [5.41, 5.74) is 9.96. The van der Waals surface area contributed by atoms with Crippen molar-refractivity contribution in [2.75, 3.05) is 14.2 Å². The standard InChI is InChI=1S/C50H66O2/c1-7-9-11-13-15-17-19-21-23-39-25-27-41-33-45(37(3)29-43(41)31-39)47-30-38(4)46(36-50(47)52-6)48-34-42-28-26-40(32-44(42)35-49(48)51-5)24-22-20-18-16-14-12-10-8-2/h25-36H,7-24H2,1-6H3. The fourth-order valence-electron chi connectivity index (χ4n) is 8.05. The zero-order valence-corrected chi connectivity index (χ0v) is 33.5. The molecule has 0 unspecified atom stereocenters. The van der Waals surface area contributed by atoms with E-state index in [4.69, 9.17) is 9.47 Å². The Morgan fingerprint density at radius 1 is 0.365 bits per heavy atom. The number of hydrogen-bond donors (Lipinski definition) is 0. The fraction of sp³-hybridized carbons (Fsp3) is 0.480. The molecule has 2 heteroatoms. The van der Waals surface area contributed by atoms with E-state index in [2.05, 4.69) is 100 Å². The Morgan fingerprint density at radius 3 is 1.29 bits per heavy atom. The molecule has 0 aliphatic heterocycles. The van der Waals surface area contributed by atoms with Gasteiger partial charge in [0.05, 0.1) is 14.2 Å².